The molecule has 19 heavy (non-hydrogen) atoms. The van der Waals surface area contributed by atoms with Crippen LogP contribution in [0.4, 0.5) is 0 Å². The first-order valence-electron chi connectivity index (χ1n) is 7.78. The zero-order valence-corrected chi connectivity index (χ0v) is 12.3. The van der Waals surface area contributed by atoms with Crippen LogP contribution >= 0.6 is 0 Å². The average Bonchev–Trinajstić information content (AvgIpc) is 2.85. The number of rotatable bonds is 4. The Kier molecular flexibility index (Phi) is 4.85. The number of nitrogens with two attached hydrogens (primary N) is 1. The molecule has 2 fully saturated rings. The molecule has 0 aromatic heterocycles. The first-order valence-corrected chi connectivity index (χ1v) is 7.78. The van der Waals surface area contributed by atoms with Gasteiger partial charge in [-0.3, -0.25) is 4.79 Å². The number of amides is 1. The number of ether oxygens (including phenoxy) is 1. The standard InChI is InChI=1S/C15H28N2O2/c1-3-15(4-2)10-13(7-8-19-15)17-14(18)11-5-6-12(16)9-11/h11-13H,3-10,16H2,1-2H3,(H,17,18). The normalized spacial score (nSPS) is 34.2. The highest BCUT2D eigenvalue weighted by Crippen LogP contribution is 2.32. The van der Waals surface area contributed by atoms with Gasteiger partial charge in [0.15, 0.2) is 0 Å². The molecule has 0 spiro atoms. The molecule has 3 unspecified atom stereocenters. The molecule has 110 valence electrons. The maximum absolute atomic E-state index is 12.2. The Bertz CT molecular complexity index is 315. The van der Waals surface area contributed by atoms with Crippen LogP contribution in [0.1, 0.15) is 58.8 Å². The first-order chi connectivity index (χ1) is 9.08. The van der Waals surface area contributed by atoms with Crippen molar-refractivity contribution in [2.45, 2.75) is 76.5 Å². The van der Waals surface area contributed by atoms with Gasteiger partial charge in [-0.2, -0.15) is 0 Å². The third-order valence-electron chi connectivity index (χ3n) is 4.97. The van der Waals surface area contributed by atoms with Crippen molar-refractivity contribution in [2.75, 3.05) is 6.61 Å². The Morgan fingerprint density at radius 1 is 1.32 bits per heavy atom. The smallest absolute Gasteiger partial charge is 0.223 e. The van der Waals surface area contributed by atoms with Gasteiger partial charge in [-0.1, -0.05) is 13.8 Å². The maximum Gasteiger partial charge on any atom is 0.223 e. The van der Waals surface area contributed by atoms with Crippen LogP contribution in [-0.2, 0) is 9.53 Å². The molecular weight excluding hydrogens is 240 g/mol. The predicted molar refractivity (Wildman–Crippen MR) is 75.7 cm³/mol. The van der Waals surface area contributed by atoms with Gasteiger partial charge in [-0.15, -0.1) is 0 Å². The Morgan fingerprint density at radius 3 is 2.63 bits per heavy atom. The van der Waals surface area contributed by atoms with Crippen LogP contribution in [0.3, 0.4) is 0 Å². The van der Waals surface area contributed by atoms with Gasteiger partial charge in [0.05, 0.1) is 5.60 Å². The fourth-order valence-corrected chi connectivity index (χ4v) is 3.47. The molecule has 1 saturated carbocycles. The molecule has 4 heteroatoms. The van der Waals surface area contributed by atoms with E-state index < -0.39 is 0 Å². The third kappa shape index (κ3) is 3.48. The minimum absolute atomic E-state index is 0.0255. The molecule has 1 aliphatic heterocycles. The summed E-state index contributed by atoms with van der Waals surface area (Å²) in [6.45, 7) is 5.10. The second kappa shape index (κ2) is 6.23. The first kappa shape index (κ1) is 14.8. The van der Waals surface area contributed by atoms with E-state index in [1.165, 1.54) is 0 Å². The molecule has 1 aliphatic carbocycles. The molecule has 0 aromatic rings. The van der Waals surface area contributed by atoms with Gasteiger partial charge < -0.3 is 15.8 Å². The van der Waals surface area contributed by atoms with Crippen molar-refractivity contribution < 1.29 is 9.53 Å². The van der Waals surface area contributed by atoms with Crippen LogP contribution in [0, 0.1) is 5.92 Å². The van der Waals surface area contributed by atoms with E-state index in [1.54, 1.807) is 0 Å². The summed E-state index contributed by atoms with van der Waals surface area (Å²) < 4.78 is 5.95. The van der Waals surface area contributed by atoms with Crippen molar-refractivity contribution in [3.63, 3.8) is 0 Å². The van der Waals surface area contributed by atoms with E-state index in [-0.39, 0.29) is 29.5 Å². The van der Waals surface area contributed by atoms with Gasteiger partial charge in [0.2, 0.25) is 5.91 Å². The van der Waals surface area contributed by atoms with Gasteiger partial charge in [0, 0.05) is 24.6 Å². The number of carbonyl (C=O) groups is 1. The molecule has 2 aliphatic rings. The third-order valence-corrected chi connectivity index (χ3v) is 4.97. The second-order valence-corrected chi connectivity index (χ2v) is 6.21. The van der Waals surface area contributed by atoms with Crippen LogP contribution in [0.2, 0.25) is 0 Å². The molecule has 0 radical (unpaired) electrons. The number of carbonyl (C=O) groups excluding carboxylic acids is 1. The number of nitrogens with one attached hydrogen (secondary N) is 1. The summed E-state index contributed by atoms with van der Waals surface area (Å²) in [6.07, 6.45) is 6.70. The fraction of sp³-hybridized carbons (Fsp3) is 0.933. The van der Waals surface area contributed by atoms with Gasteiger partial charge in [-0.25, -0.2) is 0 Å². The zero-order valence-electron chi connectivity index (χ0n) is 12.3. The summed E-state index contributed by atoms with van der Waals surface area (Å²) in [4.78, 5) is 12.2. The predicted octanol–water partition coefficient (Wildman–Crippen LogP) is 1.97. The molecule has 3 N–H and O–H groups in total. The van der Waals surface area contributed by atoms with Crippen LogP contribution < -0.4 is 11.1 Å². The van der Waals surface area contributed by atoms with Crippen LogP contribution in [0.15, 0.2) is 0 Å². The van der Waals surface area contributed by atoms with Crippen molar-refractivity contribution in [1.29, 1.82) is 0 Å². The molecule has 2 rings (SSSR count). The quantitative estimate of drug-likeness (QED) is 0.819. The lowest BCUT2D eigenvalue weighted by Crippen LogP contribution is -2.49. The number of hydrogen-bond acceptors (Lipinski definition) is 3. The fourth-order valence-electron chi connectivity index (χ4n) is 3.47. The highest BCUT2D eigenvalue weighted by Gasteiger charge is 2.36. The summed E-state index contributed by atoms with van der Waals surface area (Å²) in [5.41, 5.74) is 5.86. The van der Waals surface area contributed by atoms with E-state index in [9.17, 15) is 4.79 Å². The summed E-state index contributed by atoms with van der Waals surface area (Å²) in [7, 11) is 0. The molecule has 0 aromatic carbocycles. The van der Waals surface area contributed by atoms with Crippen molar-refractivity contribution in [1.82, 2.24) is 5.32 Å². The van der Waals surface area contributed by atoms with Gasteiger partial charge in [-0.05, 0) is 44.9 Å². The van der Waals surface area contributed by atoms with Gasteiger partial charge in [0.25, 0.3) is 0 Å². The maximum atomic E-state index is 12.2. The molecule has 1 amide bonds. The molecule has 1 heterocycles. The highest BCUT2D eigenvalue weighted by atomic mass is 16.5. The van der Waals surface area contributed by atoms with Crippen molar-refractivity contribution >= 4 is 5.91 Å². The van der Waals surface area contributed by atoms with E-state index in [1.807, 2.05) is 0 Å². The monoisotopic (exact) mass is 268 g/mol. The molecule has 4 nitrogen and oxygen atoms in total. The van der Waals surface area contributed by atoms with E-state index in [4.69, 9.17) is 10.5 Å². The summed E-state index contributed by atoms with van der Waals surface area (Å²) in [6, 6.07) is 0.494. The topological polar surface area (TPSA) is 64.4 Å². The van der Waals surface area contributed by atoms with E-state index in [0.717, 1.165) is 51.6 Å². The van der Waals surface area contributed by atoms with Gasteiger partial charge >= 0.3 is 0 Å². The molecule has 1 saturated heterocycles. The Labute approximate surface area is 116 Å². The largest absolute Gasteiger partial charge is 0.375 e. The lowest BCUT2D eigenvalue weighted by molar-refractivity contribution is -0.129. The van der Waals surface area contributed by atoms with Crippen molar-refractivity contribution in [2.24, 2.45) is 11.7 Å². The molecular formula is C15H28N2O2. The van der Waals surface area contributed by atoms with Crippen molar-refractivity contribution in [3.8, 4) is 0 Å². The van der Waals surface area contributed by atoms with Crippen LogP contribution in [0.5, 0.6) is 0 Å². The highest BCUT2D eigenvalue weighted by molar-refractivity contribution is 5.79. The Morgan fingerprint density at radius 2 is 2.05 bits per heavy atom. The second-order valence-electron chi connectivity index (χ2n) is 6.21. The molecule has 3 atom stereocenters. The average molecular weight is 268 g/mol. The lowest BCUT2D eigenvalue weighted by atomic mass is 9.85. The summed E-state index contributed by atoms with van der Waals surface area (Å²) >= 11 is 0. The minimum Gasteiger partial charge on any atom is -0.375 e. The SMILES string of the molecule is CCC1(CC)CC(NC(=O)C2CCC(N)C2)CCO1. The molecule has 0 bridgehead atoms. The summed E-state index contributed by atoms with van der Waals surface area (Å²) in [5, 5.41) is 3.23. The zero-order chi connectivity index (χ0) is 13.9. The minimum atomic E-state index is -0.0255. The van der Waals surface area contributed by atoms with E-state index in [0.29, 0.717) is 0 Å². The van der Waals surface area contributed by atoms with Gasteiger partial charge in [0.1, 0.15) is 0 Å². The lowest BCUT2D eigenvalue weighted by Gasteiger charge is -2.40. The Hall–Kier alpha value is -0.610. The van der Waals surface area contributed by atoms with E-state index in [2.05, 4.69) is 19.2 Å². The van der Waals surface area contributed by atoms with Crippen LogP contribution in [0.25, 0.3) is 0 Å². The summed E-state index contributed by atoms with van der Waals surface area (Å²) in [5.74, 6) is 0.344. The Balaban J connectivity index is 1.86. The van der Waals surface area contributed by atoms with Crippen molar-refractivity contribution in [3.05, 3.63) is 0 Å². The van der Waals surface area contributed by atoms with Crippen LogP contribution in [-0.4, -0.2) is 30.2 Å². The van der Waals surface area contributed by atoms with E-state index >= 15 is 0 Å². The number of hydrogen-bond donors (Lipinski definition) is 2.